The summed E-state index contributed by atoms with van der Waals surface area (Å²) >= 11 is 0. The topological polar surface area (TPSA) is 145 Å². The van der Waals surface area contributed by atoms with Crippen LogP contribution in [-0.4, -0.2) is 68.0 Å². The van der Waals surface area contributed by atoms with Gasteiger partial charge in [-0.05, 0) is 202 Å². The highest BCUT2D eigenvalue weighted by molar-refractivity contribution is 5.69. The minimum atomic E-state index is -0.760. The van der Waals surface area contributed by atoms with Crippen LogP contribution in [-0.2, 0) is 14.3 Å². The van der Waals surface area contributed by atoms with E-state index in [0.717, 1.165) is 70.6 Å². The Morgan fingerprint density at radius 1 is 0.607 bits per heavy atom. The van der Waals surface area contributed by atoms with E-state index in [0.29, 0.717) is 54.8 Å². The van der Waals surface area contributed by atoms with E-state index in [4.69, 9.17) is 4.74 Å². The maximum Gasteiger partial charge on any atom is 0.306 e. The van der Waals surface area contributed by atoms with Crippen molar-refractivity contribution in [3.05, 3.63) is 0 Å². The number of rotatable bonds is 9. The van der Waals surface area contributed by atoms with Crippen molar-refractivity contribution in [2.24, 2.45) is 92.7 Å². The van der Waals surface area contributed by atoms with Crippen molar-refractivity contribution in [1.82, 2.24) is 0 Å². The predicted octanol–water partition coefficient (Wildman–Crippen LogP) is 8.41. The molecule has 8 aliphatic carbocycles. The van der Waals surface area contributed by atoms with Crippen LogP contribution >= 0.6 is 0 Å². The molecule has 0 heterocycles. The Hall–Kier alpha value is -1.22. The summed E-state index contributed by atoms with van der Waals surface area (Å²) in [5.74, 6) is 3.35. The summed E-state index contributed by atoms with van der Waals surface area (Å²) in [4.78, 5) is 24.9. The molecule has 0 spiro atoms. The quantitative estimate of drug-likeness (QED) is 0.147. The minimum absolute atomic E-state index is 0.00736. The zero-order valence-electron chi connectivity index (χ0n) is 35.7. The van der Waals surface area contributed by atoms with Crippen LogP contribution in [0.3, 0.4) is 0 Å². The number of carbonyl (C=O) groups is 2. The number of carboxylic acid groups (broad SMARTS) is 1. The molecule has 0 saturated heterocycles. The number of esters is 1. The number of aliphatic hydroxyl groups excluding tert-OH is 4. The predicted molar refractivity (Wildman–Crippen MR) is 215 cm³/mol. The second kappa shape index (κ2) is 15.0. The van der Waals surface area contributed by atoms with Gasteiger partial charge in [0.15, 0.2) is 0 Å². The number of carbonyl (C=O) groups excluding carboxylic acids is 1. The number of hydrogen-bond acceptors (Lipinski definition) is 7. The van der Waals surface area contributed by atoms with Gasteiger partial charge in [0.2, 0.25) is 0 Å². The maximum atomic E-state index is 13.5. The average Bonchev–Trinajstić information content (AvgIpc) is 3.69. The molecule has 5 N–H and O–H groups in total. The standard InChI is InChI=1S/C48H78O8/c1-26(32-9-11-34-43-35(17-20-47(32,34)5)45(3)18-15-30(49)21-28(45)23-38(43)50)8-14-42(55)56-31-16-19-46(4)29(22-31)24-39(51)44-36-12-10-33(27(2)7-13-41(53)54)48(36,6)40(52)25-37(44)46/h26-40,43-44,49-52H,7-25H2,1-6H3,(H,53,54)/t26-,27-,28?,29+,30-,31-,32-,33-,34?,35?,36+,37+,38-,39-,40+,43?,44+,45+,46+,47-,48-/m1/s1. The number of ether oxygens (including phenoxy) is 1. The third kappa shape index (κ3) is 6.57. The molecule has 0 radical (unpaired) electrons. The number of carboxylic acids is 1. The molecule has 8 aliphatic rings. The van der Waals surface area contributed by atoms with Crippen molar-refractivity contribution >= 4 is 11.9 Å². The fourth-order valence-corrected chi connectivity index (χ4v) is 17.7. The fraction of sp³-hybridized carbons (Fsp3) is 0.958. The Balaban J connectivity index is 0.856. The Kier molecular flexibility index (Phi) is 11.2. The summed E-state index contributed by atoms with van der Waals surface area (Å²) in [5.41, 5.74) is 0.114. The van der Waals surface area contributed by atoms with Gasteiger partial charge in [-0.25, -0.2) is 0 Å². The van der Waals surface area contributed by atoms with Gasteiger partial charge in [-0.2, -0.15) is 0 Å². The van der Waals surface area contributed by atoms with Gasteiger partial charge in [0, 0.05) is 12.8 Å². The van der Waals surface area contributed by atoms with Gasteiger partial charge in [-0.15, -0.1) is 0 Å². The highest BCUT2D eigenvalue weighted by Crippen LogP contribution is 2.70. The van der Waals surface area contributed by atoms with E-state index in [1.54, 1.807) is 0 Å². The Morgan fingerprint density at radius 3 is 1.88 bits per heavy atom. The monoisotopic (exact) mass is 783 g/mol. The summed E-state index contributed by atoms with van der Waals surface area (Å²) in [6, 6.07) is 0. The molecule has 8 fully saturated rings. The van der Waals surface area contributed by atoms with Crippen LogP contribution in [0.5, 0.6) is 0 Å². The zero-order chi connectivity index (χ0) is 40.1. The minimum Gasteiger partial charge on any atom is -0.481 e. The second-order valence-electron chi connectivity index (χ2n) is 22.9. The van der Waals surface area contributed by atoms with Crippen LogP contribution in [0.4, 0.5) is 0 Å². The first kappa shape index (κ1) is 41.5. The molecule has 8 rings (SSSR count). The molecule has 0 amide bonds. The Labute approximate surface area is 337 Å². The fourth-order valence-electron chi connectivity index (χ4n) is 17.7. The number of aliphatic carboxylic acids is 1. The lowest BCUT2D eigenvalue weighted by atomic mass is 9.43. The largest absolute Gasteiger partial charge is 0.481 e. The van der Waals surface area contributed by atoms with Gasteiger partial charge < -0.3 is 30.3 Å². The molecule has 0 aromatic carbocycles. The molecule has 0 aromatic rings. The van der Waals surface area contributed by atoms with Gasteiger partial charge in [-0.1, -0.05) is 41.5 Å². The molecule has 21 atom stereocenters. The lowest BCUT2D eigenvalue weighted by molar-refractivity contribution is -0.209. The van der Waals surface area contributed by atoms with E-state index in [-0.39, 0.29) is 87.9 Å². The summed E-state index contributed by atoms with van der Waals surface area (Å²) in [6.45, 7) is 14.1. The van der Waals surface area contributed by atoms with Gasteiger partial charge in [0.05, 0.1) is 24.4 Å². The highest BCUT2D eigenvalue weighted by atomic mass is 16.5. The highest BCUT2D eigenvalue weighted by Gasteiger charge is 2.66. The van der Waals surface area contributed by atoms with Crippen molar-refractivity contribution in [1.29, 1.82) is 0 Å². The number of aliphatic hydroxyl groups is 4. The van der Waals surface area contributed by atoms with Crippen LogP contribution in [0.2, 0.25) is 0 Å². The van der Waals surface area contributed by atoms with Crippen LogP contribution in [0.1, 0.15) is 164 Å². The second-order valence-corrected chi connectivity index (χ2v) is 22.9. The SMILES string of the molecule is C[C@H](CCC(=O)O)[C@H]1CC[C@H]2[C@@H]3[C@H](O)C[C@@H]4C[C@H](OC(=O)CC[C@@H](C)[C@H]5CCC6C7C(CC[C@@]65C)[C@@]5(C)CC[C@@H](O)CC5C[C@H]7O)CC[C@]4(C)[C@H]3C[C@H](O)[C@]12C. The summed E-state index contributed by atoms with van der Waals surface area (Å²) in [7, 11) is 0. The van der Waals surface area contributed by atoms with E-state index in [1.807, 2.05) is 0 Å². The van der Waals surface area contributed by atoms with Crippen LogP contribution in [0.15, 0.2) is 0 Å². The molecule has 0 bridgehead atoms. The molecule has 318 valence electrons. The molecular formula is C48H78O8. The van der Waals surface area contributed by atoms with Crippen molar-refractivity contribution in [2.45, 2.75) is 194 Å². The van der Waals surface area contributed by atoms with E-state index < -0.39 is 18.2 Å². The van der Waals surface area contributed by atoms with Crippen LogP contribution < -0.4 is 0 Å². The normalized spacial score (nSPS) is 53.3. The molecule has 56 heavy (non-hydrogen) atoms. The van der Waals surface area contributed by atoms with E-state index in [9.17, 15) is 35.1 Å². The summed E-state index contributed by atoms with van der Waals surface area (Å²) in [6.07, 6.45) is 15.0. The first-order valence-electron chi connectivity index (χ1n) is 23.5. The summed E-state index contributed by atoms with van der Waals surface area (Å²) < 4.78 is 6.28. The molecule has 0 aliphatic heterocycles. The third-order valence-electron chi connectivity index (χ3n) is 20.8. The molecule has 4 unspecified atom stereocenters. The summed E-state index contributed by atoms with van der Waals surface area (Å²) in [5, 5.41) is 55.3. The van der Waals surface area contributed by atoms with Gasteiger partial charge in [0.1, 0.15) is 6.10 Å². The third-order valence-corrected chi connectivity index (χ3v) is 20.8. The van der Waals surface area contributed by atoms with Gasteiger partial charge in [-0.3, -0.25) is 9.59 Å². The van der Waals surface area contributed by atoms with Crippen molar-refractivity contribution < 1.29 is 39.9 Å². The number of hydrogen-bond donors (Lipinski definition) is 5. The molecule has 8 saturated carbocycles. The lowest BCUT2D eigenvalue weighted by Gasteiger charge is -2.63. The molecule has 0 aromatic heterocycles. The Morgan fingerprint density at radius 2 is 1.16 bits per heavy atom. The van der Waals surface area contributed by atoms with E-state index >= 15 is 0 Å². The zero-order valence-corrected chi connectivity index (χ0v) is 35.7. The van der Waals surface area contributed by atoms with E-state index in [1.165, 1.54) is 25.7 Å². The smallest absolute Gasteiger partial charge is 0.306 e. The van der Waals surface area contributed by atoms with Crippen LogP contribution in [0.25, 0.3) is 0 Å². The number of fused-ring (bicyclic) bond motifs is 10. The Bertz CT molecular complexity index is 1470. The van der Waals surface area contributed by atoms with Crippen molar-refractivity contribution in [2.75, 3.05) is 0 Å². The van der Waals surface area contributed by atoms with Gasteiger partial charge >= 0.3 is 11.9 Å². The van der Waals surface area contributed by atoms with Gasteiger partial charge in [0.25, 0.3) is 0 Å². The molecule has 8 nitrogen and oxygen atoms in total. The first-order chi connectivity index (χ1) is 26.4. The van der Waals surface area contributed by atoms with Crippen molar-refractivity contribution in [3.63, 3.8) is 0 Å². The maximum absolute atomic E-state index is 13.5. The van der Waals surface area contributed by atoms with Crippen molar-refractivity contribution in [3.8, 4) is 0 Å². The first-order valence-corrected chi connectivity index (χ1v) is 23.5. The average molecular weight is 783 g/mol. The molecule has 8 heteroatoms. The van der Waals surface area contributed by atoms with E-state index in [2.05, 4.69) is 41.5 Å². The van der Waals surface area contributed by atoms with Crippen LogP contribution in [0, 0.1) is 92.7 Å². The lowest BCUT2D eigenvalue weighted by Crippen LogP contribution is -2.62. The molecular weight excluding hydrogens is 705 g/mol.